The number of hydrogen-bond acceptors (Lipinski definition) is 9. The van der Waals surface area contributed by atoms with Gasteiger partial charge in [-0.25, -0.2) is 14.8 Å². The third-order valence-corrected chi connectivity index (χ3v) is 7.65. The van der Waals surface area contributed by atoms with Crippen LogP contribution in [0.3, 0.4) is 0 Å². The van der Waals surface area contributed by atoms with Crippen molar-refractivity contribution in [2.45, 2.75) is 59.2 Å². The summed E-state index contributed by atoms with van der Waals surface area (Å²) in [5.74, 6) is 1.88. The van der Waals surface area contributed by atoms with E-state index >= 15 is 0 Å². The minimum absolute atomic E-state index is 0.0538. The molecule has 0 saturated heterocycles. The van der Waals surface area contributed by atoms with Crippen LogP contribution in [0.2, 0.25) is 0 Å². The highest BCUT2D eigenvalue weighted by Gasteiger charge is 2.32. The zero-order valence-corrected chi connectivity index (χ0v) is 24.2. The largest absolute Gasteiger partial charge is 0.474 e. The van der Waals surface area contributed by atoms with Crippen molar-refractivity contribution in [1.29, 1.82) is 0 Å². The van der Waals surface area contributed by atoms with Gasteiger partial charge in [0.15, 0.2) is 5.82 Å². The van der Waals surface area contributed by atoms with Gasteiger partial charge in [0.1, 0.15) is 30.3 Å². The Labute approximate surface area is 239 Å². The van der Waals surface area contributed by atoms with Crippen molar-refractivity contribution in [2.24, 2.45) is 0 Å². The van der Waals surface area contributed by atoms with E-state index in [0.29, 0.717) is 49.4 Å². The van der Waals surface area contributed by atoms with Crippen LogP contribution in [0.5, 0.6) is 5.88 Å². The lowest BCUT2D eigenvalue weighted by molar-refractivity contribution is -0.130. The second-order valence-electron chi connectivity index (χ2n) is 11.8. The van der Waals surface area contributed by atoms with Gasteiger partial charge in [0.05, 0.1) is 18.4 Å². The predicted molar refractivity (Wildman–Crippen MR) is 154 cm³/mol. The molecule has 12 heteroatoms. The molecule has 1 N–H and O–H groups in total. The SMILES string of the molecule is Cc1c(N2CCc3cnc(Nc4cc5n(n4)CC(=O)N(C)CC5)cc3C2)cnc2c1N(C(=O)OC(C)(C)C)CCO2. The second kappa shape index (κ2) is 10.2. The topological polar surface area (TPSA) is 118 Å². The zero-order valence-electron chi connectivity index (χ0n) is 24.2. The van der Waals surface area contributed by atoms with Crippen molar-refractivity contribution in [3.05, 3.63) is 46.9 Å². The second-order valence-corrected chi connectivity index (χ2v) is 11.8. The first kappa shape index (κ1) is 26.9. The summed E-state index contributed by atoms with van der Waals surface area (Å²) in [5, 5.41) is 7.93. The van der Waals surface area contributed by atoms with E-state index < -0.39 is 11.7 Å². The van der Waals surface area contributed by atoms with E-state index in [4.69, 9.17) is 9.47 Å². The predicted octanol–water partition coefficient (Wildman–Crippen LogP) is 3.44. The number of carbonyl (C=O) groups excluding carboxylic acids is 2. The lowest BCUT2D eigenvalue weighted by Crippen LogP contribution is -2.42. The van der Waals surface area contributed by atoms with Crippen LogP contribution in [0.4, 0.5) is 27.8 Å². The number of nitrogens with one attached hydrogen (secondary N) is 1. The van der Waals surface area contributed by atoms with Gasteiger partial charge in [0, 0.05) is 56.6 Å². The molecule has 41 heavy (non-hydrogen) atoms. The molecule has 0 spiro atoms. The number of rotatable bonds is 3. The van der Waals surface area contributed by atoms with Crippen molar-refractivity contribution >= 4 is 35.0 Å². The molecular weight excluding hydrogens is 524 g/mol. The molecule has 216 valence electrons. The molecule has 3 aromatic heterocycles. The minimum Gasteiger partial charge on any atom is -0.474 e. The van der Waals surface area contributed by atoms with Crippen molar-refractivity contribution in [3.63, 3.8) is 0 Å². The summed E-state index contributed by atoms with van der Waals surface area (Å²) >= 11 is 0. The fraction of sp³-hybridized carbons (Fsp3) is 0.483. The third-order valence-electron chi connectivity index (χ3n) is 7.65. The van der Waals surface area contributed by atoms with Gasteiger partial charge in [0.2, 0.25) is 11.8 Å². The average Bonchev–Trinajstić information content (AvgIpc) is 3.24. The lowest BCUT2D eigenvalue weighted by atomic mass is 10.0. The number of pyridine rings is 2. The molecule has 0 atom stereocenters. The summed E-state index contributed by atoms with van der Waals surface area (Å²) < 4.78 is 13.3. The van der Waals surface area contributed by atoms with Crippen LogP contribution in [0.1, 0.15) is 43.2 Å². The minimum atomic E-state index is -0.603. The van der Waals surface area contributed by atoms with Crippen LogP contribution in [-0.4, -0.2) is 75.5 Å². The quantitative estimate of drug-likeness (QED) is 0.514. The molecule has 0 bridgehead atoms. The van der Waals surface area contributed by atoms with Crippen molar-refractivity contribution < 1.29 is 19.1 Å². The molecule has 2 amide bonds. The Kier molecular flexibility index (Phi) is 6.71. The Morgan fingerprint density at radius 2 is 1.85 bits per heavy atom. The highest BCUT2D eigenvalue weighted by atomic mass is 16.6. The summed E-state index contributed by atoms with van der Waals surface area (Å²) in [6.45, 7) is 10.7. The summed E-state index contributed by atoms with van der Waals surface area (Å²) in [5.41, 5.74) is 5.31. The van der Waals surface area contributed by atoms with Crippen LogP contribution < -0.4 is 19.9 Å². The molecule has 0 aliphatic carbocycles. The molecule has 3 aliphatic rings. The smallest absolute Gasteiger partial charge is 0.415 e. The van der Waals surface area contributed by atoms with Crippen LogP contribution in [0, 0.1) is 6.92 Å². The maximum Gasteiger partial charge on any atom is 0.415 e. The van der Waals surface area contributed by atoms with Gasteiger partial charge in [0.25, 0.3) is 0 Å². The van der Waals surface area contributed by atoms with Crippen LogP contribution in [-0.2, 0) is 35.5 Å². The maximum absolute atomic E-state index is 13.0. The van der Waals surface area contributed by atoms with Gasteiger partial charge in [-0.3, -0.25) is 14.4 Å². The number of amides is 2. The van der Waals surface area contributed by atoms with Crippen molar-refractivity contribution in [3.8, 4) is 5.88 Å². The monoisotopic (exact) mass is 560 g/mol. The first-order valence-electron chi connectivity index (χ1n) is 14.0. The normalized spacial score (nSPS) is 16.8. The van der Waals surface area contributed by atoms with Gasteiger partial charge in [-0.2, -0.15) is 5.10 Å². The van der Waals surface area contributed by atoms with Crippen LogP contribution in [0.25, 0.3) is 0 Å². The molecule has 3 aromatic rings. The van der Waals surface area contributed by atoms with E-state index in [9.17, 15) is 9.59 Å². The number of aromatic nitrogens is 4. The summed E-state index contributed by atoms with van der Waals surface area (Å²) in [4.78, 5) is 40.2. The number of fused-ring (bicyclic) bond motifs is 3. The van der Waals surface area contributed by atoms with Gasteiger partial charge in [-0.15, -0.1) is 0 Å². The molecule has 0 aromatic carbocycles. The Hall–Kier alpha value is -4.35. The molecule has 6 heterocycles. The molecule has 0 fully saturated rings. The molecule has 12 nitrogen and oxygen atoms in total. The molecule has 6 rings (SSSR count). The fourth-order valence-corrected chi connectivity index (χ4v) is 5.50. The summed E-state index contributed by atoms with van der Waals surface area (Å²) in [6.07, 6.45) is 4.94. The number of likely N-dealkylation sites (N-methyl/N-ethyl adjacent to an activating group) is 1. The molecule has 0 unspecified atom stereocenters. The highest BCUT2D eigenvalue weighted by molar-refractivity contribution is 5.92. The first-order chi connectivity index (χ1) is 19.6. The number of nitrogens with zero attached hydrogens (tertiary/aromatic N) is 7. The summed E-state index contributed by atoms with van der Waals surface area (Å²) in [7, 11) is 1.82. The Morgan fingerprint density at radius 3 is 2.66 bits per heavy atom. The maximum atomic E-state index is 13.0. The third kappa shape index (κ3) is 5.38. The van der Waals surface area contributed by atoms with E-state index in [1.165, 1.54) is 5.56 Å². The Balaban J connectivity index is 1.22. The van der Waals surface area contributed by atoms with Gasteiger partial charge < -0.3 is 24.6 Å². The highest BCUT2D eigenvalue weighted by Crippen LogP contribution is 2.40. The molecule has 3 aliphatic heterocycles. The van der Waals surface area contributed by atoms with Crippen molar-refractivity contribution in [2.75, 3.05) is 48.4 Å². The number of carbonyl (C=O) groups is 2. The first-order valence-corrected chi connectivity index (χ1v) is 14.0. The van der Waals surface area contributed by atoms with Gasteiger partial charge in [-0.1, -0.05) is 0 Å². The molecular formula is C29H36N8O4. The van der Waals surface area contributed by atoms with Gasteiger partial charge >= 0.3 is 6.09 Å². The Bertz CT molecular complexity index is 1510. The summed E-state index contributed by atoms with van der Waals surface area (Å²) in [6, 6.07) is 4.04. The van der Waals surface area contributed by atoms with E-state index in [2.05, 4.69) is 31.3 Å². The fourth-order valence-electron chi connectivity index (χ4n) is 5.50. The van der Waals surface area contributed by atoms with Crippen LogP contribution in [0.15, 0.2) is 24.5 Å². The number of hydrogen-bond donors (Lipinski definition) is 1. The van der Waals surface area contributed by atoms with E-state index in [1.54, 1.807) is 14.5 Å². The molecule has 0 saturated carbocycles. The average molecular weight is 561 g/mol. The molecule has 0 radical (unpaired) electrons. The van der Waals surface area contributed by atoms with Crippen molar-refractivity contribution in [1.82, 2.24) is 24.6 Å². The number of anilines is 4. The van der Waals surface area contributed by atoms with E-state index in [-0.39, 0.29) is 12.5 Å². The lowest BCUT2D eigenvalue weighted by Gasteiger charge is -2.35. The van der Waals surface area contributed by atoms with E-state index in [1.807, 2.05) is 53.2 Å². The zero-order chi connectivity index (χ0) is 28.9. The van der Waals surface area contributed by atoms with Gasteiger partial charge in [-0.05, 0) is 51.3 Å². The van der Waals surface area contributed by atoms with E-state index in [0.717, 1.165) is 41.9 Å². The Morgan fingerprint density at radius 1 is 1.02 bits per heavy atom. The standard InChI is InChI=1S/C29H36N8O4/c1-18-22(15-31-27-26(18)36(10-11-40-27)28(39)41-29(2,3)4)35-9-6-19-14-30-23(12-20(19)16-35)32-24-13-21-7-8-34(5)25(38)17-37(21)33-24/h12-15H,6-11,16-17H2,1-5H3,(H,30,32,33). The number of ether oxygens (including phenoxy) is 2. The van der Waals surface area contributed by atoms with Crippen LogP contribution >= 0.6 is 0 Å².